The maximum absolute atomic E-state index is 13.2. The van der Waals surface area contributed by atoms with Crippen molar-refractivity contribution < 1.29 is 23.9 Å². The van der Waals surface area contributed by atoms with E-state index in [2.05, 4.69) is 18.3 Å². The minimum Gasteiger partial charge on any atom is -0.458 e. The third-order valence-corrected chi connectivity index (χ3v) is 5.20. The van der Waals surface area contributed by atoms with Crippen LogP contribution in [0.15, 0.2) is 12.2 Å². The highest BCUT2D eigenvalue weighted by Gasteiger charge is 2.49. The van der Waals surface area contributed by atoms with Crippen molar-refractivity contribution in [3.05, 3.63) is 12.2 Å². The zero-order valence-corrected chi connectivity index (χ0v) is 20.8. The number of hydrogen-bond acceptors (Lipinski definition) is 5. The second-order valence-corrected chi connectivity index (χ2v) is 10.4. The molecule has 31 heavy (non-hydrogen) atoms. The Morgan fingerprint density at radius 3 is 2.13 bits per heavy atom. The molecule has 0 aromatic heterocycles. The fourth-order valence-corrected chi connectivity index (χ4v) is 3.89. The normalized spacial score (nSPS) is 23.0. The highest BCUT2D eigenvalue weighted by atomic mass is 16.6. The van der Waals surface area contributed by atoms with Crippen molar-refractivity contribution in [1.82, 2.24) is 10.2 Å². The number of rotatable bonds is 7. The lowest BCUT2D eigenvalue weighted by Crippen LogP contribution is -2.50. The van der Waals surface area contributed by atoms with Gasteiger partial charge in [0.15, 0.2) is 0 Å². The summed E-state index contributed by atoms with van der Waals surface area (Å²) in [5.41, 5.74) is -1.33. The lowest BCUT2D eigenvalue weighted by molar-refractivity contribution is -0.160. The SMILES string of the molecule is CC=C[C@H]1C[C@H](C(=O)OC(C)(C)C)N(C(=O)OC(C)(C)C)[C@@H]1CC(CC)CNC(C)=O. The summed E-state index contributed by atoms with van der Waals surface area (Å²) in [7, 11) is 0. The summed E-state index contributed by atoms with van der Waals surface area (Å²) in [5, 5.41) is 2.88. The largest absolute Gasteiger partial charge is 0.458 e. The van der Waals surface area contributed by atoms with E-state index in [-0.39, 0.29) is 23.8 Å². The number of ether oxygens (including phenoxy) is 2. The molecule has 0 radical (unpaired) electrons. The summed E-state index contributed by atoms with van der Waals surface area (Å²) in [5.74, 6) is -0.318. The van der Waals surface area contributed by atoms with Crippen molar-refractivity contribution in [2.24, 2.45) is 11.8 Å². The van der Waals surface area contributed by atoms with Crippen LogP contribution in [0.1, 0.15) is 81.6 Å². The molecule has 178 valence electrons. The van der Waals surface area contributed by atoms with Crippen molar-refractivity contribution >= 4 is 18.0 Å². The molecule has 0 saturated carbocycles. The minimum absolute atomic E-state index is 0.00131. The van der Waals surface area contributed by atoms with E-state index in [1.807, 2.05) is 54.5 Å². The van der Waals surface area contributed by atoms with Crippen LogP contribution in [0.5, 0.6) is 0 Å². The zero-order chi connectivity index (χ0) is 24.0. The highest BCUT2D eigenvalue weighted by molar-refractivity contribution is 5.83. The second kappa shape index (κ2) is 11.0. The van der Waals surface area contributed by atoms with Crippen molar-refractivity contribution in [2.75, 3.05) is 6.54 Å². The van der Waals surface area contributed by atoms with Gasteiger partial charge in [-0.2, -0.15) is 0 Å². The molecular formula is C24H42N2O5. The molecule has 1 N–H and O–H groups in total. The van der Waals surface area contributed by atoms with Gasteiger partial charge in [0.2, 0.25) is 5.91 Å². The van der Waals surface area contributed by atoms with Gasteiger partial charge in [-0.25, -0.2) is 9.59 Å². The van der Waals surface area contributed by atoms with Gasteiger partial charge in [-0.05, 0) is 73.1 Å². The number of allylic oxidation sites excluding steroid dienone is 1. The van der Waals surface area contributed by atoms with E-state index in [4.69, 9.17) is 9.47 Å². The Bertz CT molecular complexity index is 660. The Balaban J connectivity index is 3.28. The van der Waals surface area contributed by atoms with Crippen LogP contribution in [0, 0.1) is 11.8 Å². The summed E-state index contributed by atoms with van der Waals surface area (Å²) < 4.78 is 11.3. The van der Waals surface area contributed by atoms with E-state index in [9.17, 15) is 14.4 Å². The van der Waals surface area contributed by atoms with Gasteiger partial charge in [0, 0.05) is 19.5 Å². The van der Waals surface area contributed by atoms with Crippen LogP contribution in [0.25, 0.3) is 0 Å². The fourth-order valence-electron chi connectivity index (χ4n) is 3.89. The first-order valence-corrected chi connectivity index (χ1v) is 11.3. The van der Waals surface area contributed by atoms with Crippen molar-refractivity contribution in [1.29, 1.82) is 0 Å². The Kier molecular flexibility index (Phi) is 9.58. The average Bonchev–Trinajstić information content (AvgIpc) is 2.94. The molecule has 1 aliphatic heterocycles. The molecule has 7 heteroatoms. The van der Waals surface area contributed by atoms with Crippen LogP contribution in [-0.2, 0) is 19.1 Å². The van der Waals surface area contributed by atoms with Crippen LogP contribution in [0.3, 0.4) is 0 Å². The number of hydrogen-bond donors (Lipinski definition) is 1. The smallest absolute Gasteiger partial charge is 0.411 e. The Morgan fingerprint density at radius 2 is 1.68 bits per heavy atom. The van der Waals surface area contributed by atoms with Crippen LogP contribution in [-0.4, -0.2) is 52.7 Å². The van der Waals surface area contributed by atoms with Gasteiger partial charge in [0.25, 0.3) is 0 Å². The lowest BCUT2D eigenvalue weighted by Gasteiger charge is -2.35. The molecule has 1 fully saturated rings. The van der Waals surface area contributed by atoms with Gasteiger partial charge in [-0.15, -0.1) is 0 Å². The summed E-state index contributed by atoms with van der Waals surface area (Å²) in [6.07, 6.45) is 5.49. The van der Waals surface area contributed by atoms with Gasteiger partial charge >= 0.3 is 12.1 Å². The highest BCUT2D eigenvalue weighted by Crippen LogP contribution is 2.37. The second-order valence-electron chi connectivity index (χ2n) is 10.4. The van der Waals surface area contributed by atoms with E-state index < -0.39 is 29.3 Å². The average molecular weight is 439 g/mol. The quantitative estimate of drug-likeness (QED) is 0.469. The lowest BCUT2D eigenvalue weighted by atomic mass is 9.89. The van der Waals surface area contributed by atoms with Crippen LogP contribution in [0.4, 0.5) is 4.79 Å². The summed E-state index contributed by atoms with van der Waals surface area (Å²) >= 11 is 0. The van der Waals surface area contributed by atoms with Crippen molar-refractivity contribution in [2.45, 2.75) is 105 Å². The fraction of sp³-hybridized carbons (Fsp3) is 0.792. The molecular weight excluding hydrogens is 396 g/mol. The van der Waals surface area contributed by atoms with E-state index in [0.29, 0.717) is 19.4 Å². The van der Waals surface area contributed by atoms with Gasteiger partial charge in [-0.1, -0.05) is 25.5 Å². The first-order valence-electron chi connectivity index (χ1n) is 11.3. The number of carbonyl (C=O) groups excluding carboxylic acids is 3. The van der Waals surface area contributed by atoms with Crippen molar-refractivity contribution in [3.63, 3.8) is 0 Å². The van der Waals surface area contributed by atoms with Crippen LogP contribution >= 0.6 is 0 Å². The van der Waals surface area contributed by atoms with E-state index in [0.717, 1.165) is 6.42 Å². The molecule has 2 amide bonds. The first kappa shape index (κ1) is 27.0. The number of likely N-dealkylation sites (tertiary alicyclic amines) is 1. The molecule has 7 nitrogen and oxygen atoms in total. The molecule has 1 aliphatic rings. The number of nitrogens with zero attached hydrogens (tertiary/aromatic N) is 1. The van der Waals surface area contributed by atoms with Crippen LogP contribution in [0.2, 0.25) is 0 Å². The molecule has 0 spiro atoms. The predicted octanol–water partition coefficient (Wildman–Crippen LogP) is 4.45. The molecule has 1 saturated heterocycles. The molecule has 4 atom stereocenters. The Labute approximate surface area is 187 Å². The van der Waals surface area contributed by atoms with Gasteiger partial charge in [0.05, 0.1) is 0 Å². The zero-order valence-electron chi connectivity index (χ0n) is 20.8. The third-order valence-electron chi connectivity index (χ3n) is 5.20. The Morgan fingerprint density at radius 1 is 1.10 bits per heavy atom. The number of amides is 2. The summed E-state index contributed by atoms with van der Waals surface area (Å²) in [4.78, 5) is 39.3. The molecule has 0 aliphatic carbocycles. The molecule has 1 unspecified atom stereocenters. The predicted molar refractivity (Wildman–Crippen MR) is 121 cm³/mol. The number of carbonyl (C=O) groups is 3. The standard InChI is InChI=1S/C24H42N2O5/c1-10-12-18-14-20(21(28)30-23(4,5)6)26(22(29)31-24(7,8)9)19(18)13-17(11-2)15-25-16(3)27/h10,12,17-20H,11,13-15H2,1-9H3,(H,25,27)/t17?,18-,19+,20+/m0/s1. The minimum atomic E-state index is -0.710. The van der Waals surface area contributed by atoms with Crippen LogP contribution < -0.4 is 5.32 Å². The Hall–Kier alpha value is -2.05. The third kappa shape index (κ3) is 8.91. The van der Waals surface area contributed by atoms with E-state index >= 15 is 0 Å². The topological polar surface area (TPSA) is 84.9 Å². The molecule has 1 rings (SSSR count). The van der Waals surface area contributed by atoms with Gasteiger partial charge in [-0.3, -0.25) is 9.69 Å². The number of nitrogens with one attached hydrogen (secondary N) is 1. The van der Waals surface area contributed by atoms with Crippen molar-refractivity contribution in [3.8, 4) is 0 Å². The maximum atomic E-state index is 13.2. The van der Waals surface area contributed by atoms with E-state index in [1.165, 1.54) is 6.92 Å². The molecule has 0 aromatic rings. The monoisotopic (exact) mass is 438 g/mol. The summed E-state index contributed by atoms with van der Waals surface area (Å²) in [6, 6.07) is -0.930. The molecule has 0 aromatic carbocycles. The molecule has 1 heterocycles. The first-order chi connectivity index (χ1) is 14.2. The maximum Gasteiger partial charge on any atom is 0.411 e. The van der Waals surface area contributed by atoms with E-state index in [1.54, 1.807) is 4.90 Å². The number of esters is 1. The van der Waals surface area contributed by atoms with Gasteiger partial charge in [0.1, 0.15) is 17.2 Å². The molecule has 0 bridgehead atoms. The summed E-state index contributed by atoms with van der Waals surface area (Å²) in [6.45, 7) is 16.9. The van der Waals surface area contributed by atoms with Gasteiger partial charge < -0.3 is 14.8 Å².